The first kappa shape index (κ1) is 10.9. The number of carbonyl (C=O) groups is 2. The van der Waals surface area contributed by atoms with Crippen LogP contribution >= 0.6 is 15.9 Å². The van der Waals surface area contributed by atoms with Gasteiger partial charge in [0.1, 0.15) is 0 Å². The van der Waals surface area contributed by atoms with E-state index in [9.17, 15) is 9.59 Å². The Labute approximate surface area is 102 Å². The van der Waals surface area contributed by atoms with Crippen molar-refractivity contribution in [3.8, 4) is 12.3 Å². The van der Waals surface area contributed by atoms with Crippen LogP contribution in [0.3, 0.4) is 0 Å². The largest absolute Gasteiger partial charge is 0.304 e. The van der Waals surface area contributed by atoms with Crippen molar-refractivity contribution >= 4 is 33.3 Å². The van der Waals surface area contributed by atoms with Crippen molar-refractivity contribution < 1.29 is 9.59 Å². The zero-order chi connectivity index (χ0) is 11.7. The third-order valence-electron chi connectivity index (χ3n) is 2.41. The highest BCUT2D eigenvalue weighted by molar-refractivity contribution is 9.10. The average Bonchev–Trinajstić information content (AvgIpc) is 2.50. The third-order valence-corrected chi connectivity index (χ3v) is 2.91. The molecule has 16 heavy (non-hydrogen) atoms. The maximum atomic E-state index is 11.7. The number of amides is 1. The predicted octanol–water partition coefficient (Wildman–Crippen LogP) is 2.00. The van der Waals surface area contributed by atoms with E-state index in [-0.39, 0.29) is 0 Å². The van der Waals surface area contributed by atoms with Crippen molar-refractivity contribution in [2.24, 2.45) is 0 Å². The Kier molecular flexibility index (Phi) is 2.80. The molecule has 80 valence electrons. The summed E-state index contributed by atoms with van der Waals surface area (Å²) < 4.78 is 0.784. The number of hydrogen-bond donors (Lipinski definition) is 0. The number of fused-ring (bicyclic) bond motifs is 1. The molecular weight excluding hydrogens is 270 g/mol. The highest BCUT2D eigenvalue weighted by atomic mass is 79.9. The van der Waals surface area contributed by atoms with Gasteiger partial charge in [-0.05, 0) is 18.2 Å². The van der Waals surface area contributed by atoms with E-state index in [2.05, 4.69) is 21.9 Å². The summed E-state index contributed by atoms with van der Waals surface area (Å²) in [7, 11) is 0. The van der Waals surface area contributed by atoms with E-state index < -0.39 is 11.7 Å². The average molecular weight is 278 g/mol. The van der Waals surface area contributed by atoms with Gasteiger partial charge in [0.25, 0.3) is 11.7 Å². The van der Waals surface area contributed by atoms with Gasteiger partial charge in [0, 0.05) is 17.4 Å². The molecule has 0 aliphatic carbocycles. The zero-order valence-electron chi connectivity index (χ0n) is 8.37. The Hall–Kier alpha value is -1.60. The number of hydrogen-bond acceptors (Lipinski definition) is 2. The van der Waals surface area contributed by atoms with Crippen molar-refractivity contribution in [1.29, 1.82) is 0 Å². The molecule has 0 fully saturated rings. The Balaban J connectivity index is 2.43. The fourth-order valence-corrected chi connectivity index (χ4v) is 2.03. The van der Waals surface area contributed by atoms with Crippen LogP contribution in [-0.4, -0.2) is 18.2 Å². The van der Waals surface area contributed by atoms with E-state index in [1.807, 2.05) is 0 Å². The van der Waals surface area contributed by atoms with Crippen LogP contribution in [0.2, 0.25) is 0 Å². The van der Waals surface area contributed by atoms with Gasteiger partial charge in [-0.15, -0.1) is 12.3 Å². The van der Waals surface area contributed by atoms with E-state index in [1.54, 1.807) is 18.2 Å². The van der Waals surface area contributed by atoms with Crippen molar-refractivity contribution in [3.05, 3.63) is 28.2 Å². The van der Waals surface area contributed by atoms with Crippen molar-refractivity contribution in [2.75, 3.05) is 11.4 Å². The zero-order valence-corrected chi connectivity index (χ0v) is 9.95. The summed E-state index contributed by atoms with van der Waals surface area (Å²) in [5.41, 5.74) is 1.09. The van der Waals surface area contributed by atoms with Crippen molar-refractivity contribution in [1.82, 2.24) is 0 Å². The lowest BCUT2D eigenvalue weighted by Gasteiger charge is -2.14. The van der Waals surface area contributed by atoms with Gasteiger partial charge >= 0.3 is 0 Å². The lowest BCUT2D eigenvalue weighted by atomic mass is 10.1. The van der Waals surface area contributed by atoms with Crippen molar-refractivity contribution in [2.45, 2.75) is 6.42 Å². The van der Waals surface area contributed by atoms with Gasteiger partial charge < -0.3 is 4.90 Å². The van der Waals surface area contributed by atoms with Crippen LogP contribution in [0.25, 0.3) is 0 Å². The number of ketones is 1. The van der Waals surface area contributed by atoms with Crippen LogP contribution in [0.1, 0.15) is 16.8 Å². The lowest BCUT2D eigenvalue weighted by molar-refractivity contribution is -0.114. The number of nitrogens with zero attached hydrogens (tertiary/aromatic N) is 1. The molecule has 1 aromatic carbocycles. The maximum absolute atomic E-state index is 11.7. The van der Waals surface area contributed by atoms with Crippen molar-refractivity contribution in [3.63, 3.8) is 0 Å². The second-order valence-electron chi connectivity index (χ2n) is 3.40. The number of anilines is 1. The van der Waals surface area contributed by atoms with Gasteiger partial charge in [-0.1, -0.05) is 15.9 Å². The van der Waals surface area contributed by atoms with Crippen LogP contribution in [0, 0.1) is 12.3 Å². The summed E-state index contributed by atoms with van der Waals surface area (Å²) in [5.74, 6) is 1.50. The molecule has 2 rings (SSSR count). The minimum absolute atomic E-state index is 0.385. The first-order valence-electron chi connectivity index (χ1n) is 4.74. The SMILES string of the molecule is C#CCCN1C(=O)C(=O)c2cc(Br)ccc21. The molecule has 0 saturated carbocycles. The Bertz CT molecular complexity index is 516. The molecule has 1 aliphatic rings. The maximum Gasteiger partial charge on any atom is 0.299 e. The lowest BCUT2D eigenvalue weighted by Crippen LogP contribution is -2.30. The number of Topliss-reactive ketones (excluding diaryl/α,β-unsaturated/α-hetero) is 1. The van der Waals surface area contributed by atoms with Gasteiger partial charge in [0.2, 0.25) is 0 Å². The summed E-state index contributed by atoms with van der Waals surface area (Å²) >= 11 is 3.27. The van der Waals surface area contributed by atoms with E-state index in [0.29, 0.717) is 24.2 Å². The van der Waals surface area contributed by atoms with Crippen LogP contribution in [0.4, 0.5) is 5.69 Å². The molecule has 0 spiro atoms. The highest BCUT2D eigenvalue weighted by Crippen LogP contribution is 2.31. The summed E-state index contributed by atoms with van der Waals surface area (Å²) in [4.78, 5) is 24.8. The summed E-state index contributed by atoms with van der Waals surface area (Å²) in [6.45, 7) is 0.385. The fraction of sp³-hybridized carbons (Fsp3) is 0.167. The summed E-state index contributed by atoms with van der Waals surface area (Å²) in [5, 5.41) is 0. The molecule has 3 nitrogen and oxygen atoms in total. The fourth-order valence-electron chi connectivity index (χ4n) is 1.67. The molecular formula is C12H8BrNO2. The topological polar surface area (TPSA) is 37.4 Å². The third kappa shape index (κ3) is 1.63. The Morgan fingerprint density at radius 2 is 2.12 bits per heavy atom. The first-order valence-corrected chi connectivity index (χ1v) is 5.53. The molecule has 1 aliphatic heterocycles. The molecule has 0 saturated heterocycles. The first-order chi connectivity index (χ1) is 7.65. The number of rotatable bonds is 2. The smallest absolute Gasteiger partial charge is 0.299 e. The quantitative estimate of drug-likeness (QED) is 0.613. The van der Waals surface area contributed by atoms with Crippen LogP contribution < -0.4 is 4.90 Å². The normalized spacial score (nSPS) is 13.9. The number of carbonyl (C=O) groups excluding carboxylic acids is 2. The number of benzene rings is 1. The van der Waals surface area contributed by atoms with Gasteiger partial charge in [0.05, 0.1) is 11.3 Å². The Morgan fingerprint density at radius 1 is 1.38 bits per heavy atom. The second kappa shape index (κ2) is 4.11. The Morgan fingerprint density at radius 3 is 2.81 bits per heavy atom. The molecule has 0 unspecified atom stereocenters. The molecule has 1 amide bonds. The number of terminal acetylenes is 1. The predicted molar refractivity (Wildman–Crippen MR) is 64.3 cm³/mol. The van der Waals surface area contributed by atoms with Gasteiger partial charge in [-0.25, -0.2) is 0 Å². The van der Waals surface area contributed by atoms with E-state index >= 15 is 0 Å². The molecule has 1 heterocycles. The van der Waals surface area contributed by atoms with Crippen LogP contribution in [0.15, 0.2) is 22.7 Å². The molecule has 1 aromatic rings. The molecule has 0 radical (unpaired) electrons. The standard InChI is InChI=1S/C12H8BrNO2/c1-2-3-6-14-10-5-4-8(13)7-9(10)11(15)12(14)16/h1,4-5,7H,3,6H2. The molecule has 0 aromatic heterocycles. The minimum Gasteiger partial charge on any atom is -0.304 e. The number of halogens is 1. The van der Waals surface area contributed by atoms with Gasteiger partial charge in [0.15, 0.2) is 0 Å². The van der Waals surface area contributed by atoms with E-state index in [1.165, 1.54) is 4.90 Å². The molecule has 4 heteroatoms. The molecule has 0 atom stereocenters. The summed E-state index contributed by atoms with van der Waals surface area (Å²) in [6.07, 6.45) is 5.59. The molecule has 0 N–H and O–H groups in total. The minimum atomic E-state index is -0.497. The molecule has 0 bridgehead atoms. The van der Waals surface area contributed by atoms with Gasteiger partial charge in [-0.2, -0.15) is 0 Å². The van der Waals surface area contributed by atoms with Gasteiger partial charge in [-0.3, -0.25) is 9.59 Å². The highest BCUT2D eigenvalue weighted by Gasteiger charge is 2.35. The van der Waals surface area contributed by atoms with E-state index in [4.69, 9.17) is 6.42 Å². The van der Waals surface area contributed by atoms with E-state index in [0.717, 1.165) is 4.47 Å². The monoisotopic (exact) mass is 277 g/mol. The summed E-state index contributed by atoms with van der Waals surface area (Å²) in [6, 6.07) is 5.21. The van der Waals surface area contributed by atoms with Crippen LogP contribution in [-0.2, 0) is 4.79 Å². The second-order valence-corrected chi connectivity index (χ2v) is 4.32. The van der Waals surface area contributed by atoms with Crippen LogP contribution in [0.5, 0.6) is 0 Å².